The Labute approximate surface area is 170 Å². The predicted octanol–water partition coefficient (Wildman–Crippen LogP) is 3.42. The molecule has 0 aromatic carbocycles. The van der Waals surface area contributed by atoms with Crippen molar-refractivity contribution in [2.75, 3.05) is 13.1 Å². The summed E-state index contributed by atoms with van der Waals surface area (Å²) in [6.07, 6.45) is 10.7. The van der Waals surface area contributed by atoms with E-state index in [1.807, 2.05) is 37.8 Å². The van der Waals surface area contributed by atoms with Crippen molar-refractivity contribution in [1.29, 1.82) is 0 Å². The molecule has 1 saturated heterocycles. The van der Waals surface area contributed by atoms with Gasteiger partial charge in [-0.25, -0.2) is 0 Å². The standard InChI is InChI=1S/C23H38N2O3/c1-4-6-9-12-19(3)21(26)16-14-20-15-17-23(28)25(20)18-11-8-7-10-13-22(27)24-5-2/h14,16,19-21,26H,4-5,7-8,10-13,15,17-18H2,1-3H3,(H,24,27)/t19-,20-,21-/m0/s1. The first-order valence-electron chi connectivity index (χ1n) is 10.9. The van der Waals surface area contributed by atoms with Crippen LogP contribution in [0.1, 0.15) is 78.6 Å². The minimum atomic E-state index is -0.530. The van der Waals surface area contributed by atoms with Crippen LogP contribution in [0.2, 0.25) is 0 Å². The van der Waals surface area contributed by atoms with E-state index in [0.717, 1.165) is 45.1 Å². The first-order valence-corrected chi connectivity index (χ1v) is 10.9. The van der Waals surface area contributed by atoms with Crippen molar-refractivity contribution in [2.24, 2.45) is 5.92 Å². The maximum Gasteiger partial charge on any atom is 0.223 e. The highest BCUT2D eigenvalue weighted by Crippen LogP contribution is 2.21. The molecule has 0 spiro atoms. The van der Waals surface area contributed by atoms with Gasteiger partial charge in [-0.3, -0.25) is 9.59 Å². The monoisotopic (exact) mass is 390 g/mol. The third kappa shape index (κ3) is 9.41. The van der Waals surface area contributed by atoms with Crippen LogP contribution in [0, 0.1) is 17.8 Å². The molecule has 1 aliphatic heterocycles. The maximum absolute atomic E-state index is 12.2. The van der Waals surface area contributed by atoms with Gasteiger partial charge in [0.2, 0.25) is 11.8 Å². The fourth-order valence-corrected chi connectivity index (χ4v) is 3.36. The molecule has 0 unspecified atom stereocenters. The molecule has 1 heterocycles. The van der Waals surface area contributed by atoms with Gasteiger partial charge in [0.05, 0.1) is 12.1 Å². The summed E-state index contributed by atoms with van der Waals surface area (Å²) in [6, 6.07) is 0.0893. The zero-order valence-electron chi connectivity index (χ0n) is 17.9. The number of rotatable bonds is 12. The van der Waals surface area contributed by atoms with E-state index in [-0.39, 0.29) is 23.8 Å². The van der Waals surface area contributed by atoms with Crippen LogP contribution in [0.4, 0.5) is 0 Å². The van der Waals surface area contributed by atoms with Gasteiger partial charge in [0, 0.05) is 38.8 Å². The SMILES string of the molecule is CCC#CC[C@H](C)[C@@H](O)C=C[C@H]1CCC(=O)N1CCCCCCC(=O)NCC. The second-order valence-corrected chi connectivity index (χ2v) is 7.57. The molecule has 28 heavy (non-hydrogen) atoms. The first-order chi connectivity index (χ1) is 13.5. The second-order valence-electron chi connectivity index (χ2n) is 7.57. The second kappa shape index (κ2) is 14.2. The molecular weight excluding hydrogens is 352 g/mol. The van der Waals surface area contributed by atoms with Crippen LogP contribution in [0.3, 0.4) is 0 Å². The lowest BCUT2D eigenvalue weighted by Crippen LogP contribution is -2.33. The van der Waals surface area contributed by atoms with Crippen LogP contribution in [-0.2, 0) is 9.59 Å². The summed E-state index contributed by atoms with van der Waals surface area (Å²) in [6.45, 7) is 7.38. The van der Waals surface area contributed by atoms with Gasteiger partial charge < -0.3 is 15.3 Å². The quantitative estimate of drug-likeness (QED) is 0.305. The Morgan fingerprint density at radius 2 is 2.04 bits per heavy atom. The van der Waals surface area contributed by atoms with Crippen molar-refractivity contribution >= 4 is 11.8 Å². The van der Waals surface area contributed by atoms with Crippen LogP contribution in [0.25, 0.3) is 0 Å². The van der Waals surface area contributed by atoms with Crippen molar-refractivity contribution in [3.63, 3.8) is 0 Å². The molecule has 5 heteroatoms. The molecule has 2 amide bonds. The summed E-state index contributed by atoms with van der Waals surface area (Å²) in [7, 11) is 0. The van der Waals surface area contributed by atoms with Gasteiger partial charge in [-0.1, -0.05) is 38.8 Å². The highest BCUT2D eigenvalue weighted by molar-refractivity contribution is 5.79. The lowest BCUT2D eigenvalue weighted by atomic mass is 10.00. The van der Waals surface area contributed by atoms with Gasteiger partial charge in [-0.15, -0.1) is 11.8 Å². The van der Waals surface area contributed by atoms with Gasteiger partial charge in [0.15, 0.2) is 0 Å². The van der Waals surface area contributed by atoms with Crippen LogP contribution < -0.4 is 5.32 Å². The van der Waals surface area contributed by atoms with E-state index >= 15 is 0 Å². The normalized spacial score (nSPS) is 18.8. The number of likely N-dealkylation sites (tertiary alicyclic amines) is 1. The van der Waals surface area contributed by atoms with E-state index in [4.69, 9.17) is 0 Å². The van der Waals surface area contributed by atoms with Crippen LogP contribution >= 0.6 is 0 Å². The van der Waals surface area contributed by atoms with Crippen LogP contribution in [0.5, 0.6) is 0 Å². The molecule has 1 fully saturated rings. The topological polar surface area (TPSA) is 69.6 Å². The number of carbonyl (C=O) groups excluding carboxylic acids is 2. The molecule has 0 radical (unpaired) electrons. The molecule has 3 atom stereocenters. The minimum Gasteiger partial charge on any atom is -0.389 e. The Morgan fingerprint density at radius 3 is 2.75 bits per heavy atom. The van der Waals surface area contributed by atoms with Gasteiger partial charge >= 0.3 is 0 Å². The fourth-order valence-electron chi connectivity index (χ4n) is 3.36. The Kier molecular flexibility index (Phi) is 12.3. The van der Waals surface area contributed by atoms with Gasteiger partial charge in [0.25, 0.3) is 0 Å². The zero-order valence-corrected chi connectivity index (χ0v) is 17.9. The average molecular weight is 391 g/mol. The lowest BCUT2D eigenvalue weighted by Gasteiger charge is -2.23. The van der Waals surface area contributed by atoms with Crippen molar-refractivity contribution in [3.05, 3.63) is 12.2 Å². The molecule has 0 aliphatic carbocycles. The van der Waals surface area contributed by atoms with Crippen LogP contribution in [-0.4, -0.2) is 47.1 Å². The number of carbonyl (C=O) groups is 2. The van der Waals surface area contributed by atoms with Crippen molar-refractivity contribution in [2.45, 2.75) is 90.7 Å². The van der Waals surface area contributed by atoms with Gasteiger partial charge in [0.1, 0.15) is 0 Å². The number of aliphatic hydroxyl groups is 1. The van der Waals surface area contributed by atoms with Crippen molar-refractivity contribution in [1.82, 2.24) is 10.2 Å². The highest BCUT2D eigenvalue weighted by Gasteiger charge is 2.28. The molecule has 1 rings (SSSR count). The van der Waals surface area contributed by atoms with E-state index in [1.165, 1.54) is 0 Å². The molecule has 2 N–H and O–H groups in total. The Hall–Kier alpha value is -1.80. The smallest absolute Gasteiger partial charge is 0.223 e. The summed E-state index contributed by atoms with van der Waals surface area (Å²) in [5.41, 5.74) is 0. The number of hydrogen-bond donors (Lipinski definition) is 2. The molecule has 0 bridgehead atoms. The minimum absolute atomic E-state index is 0.0887. The first kappa shape index (κ1) is 24.2. The number of hydrogen-bond acceptors (Lipinski definition) is 3. The number of nitrogens with one attached hydrogen (secondary N) is 1. The summed E-state index contributed by atoms with van der Waals surface area (Å²) in [5, 5.41) is 13.1. The fraction of sp³-hybridized carbons (Fsp3) is 0.739. The lowest BCUT2D eigenvalue weighted by molar-refractivity contribution is -0.128. The Bertz CT molecular complexity index is 562. The molecule has 0 saturated carbocycles. The number of amides is 2. The summed E-state index contributed by atoms with van der Waals surface area (Å²) < 4.78 is 0. The number of aliphatic hydroxyl groups excluding tert-OH is 1. The average Bonchev–Trinajstić information content (AvgIpc) is 3.02. The van der Waals surface area contributed by atoms with Gasteiger partial charge in [-0.2, -0.15) is 0 Å². The molecule has 5 nitrogen and oxygen atoms in total. The van der Waals surface area contributed by atoms with E-state index in [2.05, 4.69) is 17.2 Å². The van der Waals surface area contributed by atoms with E-state index in [9.17, 15) is 14.7 Å². The summed E-state index contributed by atoms with van der Waals surface area (Å²) in [5.74, 6) is 6.53. The summed E-state index contributed by atoms with van der Waals surface area (Å²) >= 11 is 0. The third-order valence-corrected chi connectivity index (χ3v) is 5.14. The highest BCUT2D eigenvalue weighted by atomic mass is 16.3. The zero-order chi connectivity index (χ0) is 20.8. The largest absolute Gasteiger partial charge is 0.389 e. The molecule has 0 aromatic rings. The molecule has 158 valence electrons. The van der Waals surface area contributed by atoms with Gasteiger partial charge in [-0.05, 0) is 32.1 Å². The molecule has 1 aliphatic rings. The maximum atomic E-state index is 12.2. The third-order valence-electron chi connectivity index (χ3n) is 5.14. The predicted molar refractivity (Wildman–Crippen MR) is 113 cm³/mol. The number of unbranched alkanes of at least 4 members (excludes halogenated alkanes) is 3. The van der Waals surface area contributed by atoms with Crippen molar-refractivity contribution < 1.29 is 14.7 Å². The van der Waals surface area contributed by atoms with E-state index in [1.54, 1.807) is 0 Å². The van der Waals surface area contributed by atoms with E-state index < -0.39 is 6.10 Å². The molecular formula is C23H38N2O3. The Balaban J connectivity index is 2.34. The Morgan fingerprint density at radius 1 is 1.29 bits per heavy atom. The van der Waals surface area contributed by atoms with E-state index in [0.29, 0.717) is 25.8 Å². The summed E-state index contributed by atoms with van der Waals surface area (Å²) in [4.78, 5) is 25.5. The number of nitrogens with zero attached hydrogens (tertiary/aromatic N) is 1. The van der Waals surface area contributed by atoms with Crippen LogP contribution in [0.15, 0.2) is 12.2 Å². The van der Waals surface area contributed by atoms with Crippen molar-refractivity contribution in [3.8, 4) is 11.8 Å². The molecule has 0 aromatic heterocycles.